The van der Waals surface area contributed by atoms with E-state index in [1.165, 1.54) is 5.56 Å². The van der Waals surface area contributed by atoms with E-state index in [0.717, 1.165) is 19.4 Å². The first kappa shape index (κ1) is 14.1. The van der Waals surface area contributed by atoms with Gasteiger partial charge >= 0.3 is 0 Å². The predicted molar refractivity (Wildman–Crippen MR) is 79.0 cm³/mol. The minimum absolute atomic E-state index is 0.0427. The number of nitrogens with two attached hydrogens (primary N) is 1. The zero-order valence-corrected chi connectivity index (χ0v) is 11.7. The number of hydrogen-bond donors (Lipinski definition) is 1. The summed E-state index contributed by atoms with van der Waals surface area (Å²) in [4.78, 5) is 13.7. The summed E-state index contributed by atoms with van der Waals surface area (Å²) in [7, 11) is 1.82. The lowest BCUT2D eigenvalue weighted by atomic mass is 10.1. The number of aromatic nitrogens is 2. The van der Waals surface area contributed by atoms with Gasteiger partial charge in [0.1, 0.15) is 12.4 Å². The van der Waals surface area contributed by atoms with E-state index in [1.54, 1.807) is 21.8 Å². The van der Waals surface area contributed by atoms with Crippen LogP contribution < -0.4 is 5.73 Å². The second-order valence-corrected chi connectivity index (χ2v) is 4.84. The van der Waals surface area contributed by atoms with Crippen LogP contribution in [0.25, 0.3) is 0 Å². The van der Waals surface area contributed by atoms with E-state index in [1.807, 2.05) is 25.2 Å². The van der Waals surface area contributed by atoms with Gasteiger partial charge in [-0.3, -0.25) is 9.48 Å². The van der Waals surface area contributed by atoms with Crippen molar-refractivity contribution in [1.82, 2.24) is 14.7 Å². The number of nitrogen functional groups attached to an aromatic ring is 1. The highest BCUT2D eigenvalue weighted by Gasteiger charge is 2.09. The largest absolute Gasteiger partial charge is 0.382 e. The number of anilines is 1. The number of carbonyl (C=O) groups is 1. The summed E-state index contributed by atoms with van der Waals surface area (Å²) in [6.07, 6.45) is 3.64. The van der Waals surface area contributed by atoms with Crippen molar-refractivity contribution in [2.75, 3.05) is 19.3 Å². The van der Waals surface area contributed by atoms with Crippen molar-refractivity contribution in [2.45, 2.75) is 19.4 Å². The third-order valence-corrected chi connectivity index (χ3v) is 3.19. The molecular formula is C15H20N4O. The summed E-state index contributed by atoms with van der Waals surface area (Å²) in [6, 6.07) is 12.0. The average Bonchev–Trinajstić information content (AvgIpc) is 2.85. The van der Waals surface area contributed by atoms with Crippen LogP contribution in [0.2, 0.25) is 0 Å². The second kappa shape index (κ2) is 6.75. The number of rotatable bonds is 6. The summed E-state index contributed by atoms with van der Waals surface area (Å²) in [6.45, 7) is 0.976. The normalized spacial score (nSPS) is 10.4. The van der Waals surface area contributed by atoms with Gasteiger partial charge in [-0.15, -0.1) is 0 Å². The lowest BCUT2D eigenvalue weighted by Crippen LogP contribution is -2.31. The van der Waals surface area contributed by atoms with Gasteiger partial charge < -0.3 is 10.6 Å². The molecule has 106 valence electrons. The van der Waals surface area contributed by atoms with E-state index in [0.29, 0.717) is 5.82 Å². The van der Waals surface area contributed by atoms with E-state index in [2.05, 4.69) is 17.2 Å². The first-order valence-electron chi connectivity index (χ1n) is 6.72. The summed E-state index contributed by atoms with van der Waals surface area (Å²) < 4.78 is 1.56. The predicted octanol–water partition coefficient (Wildman–Crippen LogP) is 1.56. The van der Waals surface area contributed by atoms with Crippen molar-refractivity contribution in [2.24, 2.45) is 0 Å². The van der Waals surface area contributed by atoms with Gasteiger partial charge in [-0.05, 0) is 24.5 Å². The molecule has 2 rings (SSSR count). The Morgan fingerprint density at radius 2 is 2.05 bits per heavy atom. The Balaban J connectivity index is 1.74. The molecule has 1 amide bonds. The maximum atomic E-state index is 12.0. The molecule has 0 saturated heterocycles. The number of benzene rings is 1. The molecule has 2 N–H and O–H groups in total. The van der Waals surface area contributed by atoms with Crippen LogP contribution in [0.1, 0.15) is 12.0 Å². The highest BCUT2D eigenvalue weighted by Crippen LogP contribution is 2.04. The van der Waals surface area contributed by atoms with Crippen molar-refractivity contribution in [3.05, 3.63) is 48.2 Å². The molecule has 0 radical (unpaired) electrons. The van der Waals surface area contributed by atoms with Crippen LogP contribution in [0.5, 0.6) is 0 Å². The third kappa shape index (κ3) is 4.12. The van der Waals surface area contributed by atoms with Crippen molar-refractivity contribution >= 4 is 11.7 Å². The highest BCUT2D eigenvalue weighted by molar-refractivity contribution is 5.75. The number of nitrogens with zero attached hydrogens (tertiary/aromatic N) is 3. The number of amides is 1. The monoisotopic (exact) mass is 272 g/mol. The van der Waals surface area contributed by atoms with E-state index >= 15 is 0 Å². The summed E-state index contributed by atoms with van der Waals surface area (Å²) in [5, 5.41) is 4.01. The van der Waals surface area contributed by atoms with Crippen molar-refractivity contribution in [1.29, 1.82) is 0 Å². The molecule has 2 aromatic rings. The molecule has 0 fully saturated rings. The molecule has 0 saturated carbocycles. The van der Waals surface area contributed by atoms with Crippen LogP contribution in [0.15, 0.2) is 42.6 Å². The fourth-order valence-electron chi connectivity index (χ4n) is 2.01. The standard InChI is InChI=1S/C15H20N4O/c1-18(10-5-8-13-6-3-2-4-7-13)15(20)12-19-11-9-14(16)17-19/h2-4,6-7,9,11H,5,8,10,12H2,1H3,(H2,16,17). The van der Waals surface area contributed by atoms with Crippen molar-refractivity contribution in [3.63, 3.8) is 0 Å². The number of likely N-dealkylation sites (N-methyl/N-ethyl adjacent to an activating group) is 1. The summed E-state index contributed by atoms with van der Waals surface area (Å²) >= 11 is 0. The maximum absolute atomic E-state index is 12.0. The summed E-state index contributed by atoms with van der Waals surface area (Å²) in [5.74, 6) is 0.477. The van der Waals surface area contributed by atoms with Gasteiger partial charge in [0.2, 0.25) is 5.91 Å². The van der Waals surface area contributed by atoms with Crippen LogP contribution in [0, 0.1) is 0 Å². The quantitative estimate of drug-likeness (QED) is 0.868. The SMILES string of the molecule is CN(CCCc1ccccc1)C(=O)Cn1ccc(N)n1. The Bertz CT molecular complexity index is 550. The highest BCUT2D eigenvalue weighted by atomic mass is 16.2. The lowest BCUT2D eigenvalue weighted by molar-refractivity contribution is -0.130. The fourth-order valence-corrected chi connectivity index (χ4v) is 2.01. The minimum Gasteiger partial charge on any atom is -0.382 e. The molecule has 5 nitrogen and oxygen atoms in total. The fraction of sp³-hybridized carbons (Fsp3) is 0.333. The van der Waals surface area contributed by atoms with Crippen molar-refractivity contribution < 1.29 is 4.79 Å². The lowest BCUT2D eigenvalue weighted by Gasteiger charge is -2.17. The van der Waals surface area contributed by atoms with Gasteiger partial charge in [0, 0.05) is 19.8 Å². The van der Waals surface area contributed by atoms with Gasteiger partial charge in [0.15, 0.2) is 0 Å². The molecule has 0 bridgehead atoms. The van der Waals surface area contributed by atoms with Gasteiger partial charge in [-0.1, -0.05) is 30.3 Å². The van der Waals surface area contributed by atoms with E-state index in [4.69, 9.17) is 5.73 Å². The Morgan fingerprint density at radius 1 is 1.30 bits per heavy atom. The summed E-state index contributed by atoms with van der Waals surface area (Å²) in [5.41, 5.74) is 6.82. The molecule has 0 aliphatic heterocycles. The molecule has 0 aliphatic rings. The topological polar surface area (TPSA) is 64.2 Å². The van der Waals surface area contributed by atoms with E-state index in [9.17, 15) is 4.79 Å². The molecule has 0 unspecified atom stereocenters. The molecule has 20 heavy (non-hydrogen) atoms. The zero-order chi connectivity index (χ0) is 14.4. The number of carbonyl (C=O) groups excluding carboxylic acids is 1. The number of hydrogen-bond acceptors (Lipinski definition) is 3. The van der Waals surface area contributed by atoms with Crippen LogP contribution in [-0.2, 0) is 17.8 Å². The maximum Gasteiger partial charge on any atom is 0.244 e. The minimum atomic E-state index is 0.0427. The molecule has 1 heterocycles. The first-order valence-corrected chi connectivity index (χ1v) is 6.72. The molecule has 0 aliphatic carbocycles. The molecule has 0 spiro atoms. The molecule has 1 aromatic carbocycles. The average molecular weight is 272 g/mol. The molecular weight excluding hydrogens is 252 g/mol. The Labute approximate surface area is 119 Å². The smallest absolute Gasteiger partial charge is 0.244 e. The van der Waals surface area contributed by atoms with Crippen LogP contribution in [0.4, 0.5) is 5.82 Å². The zero-order valence-electron chi connectivity index (χ0n) is 11.7. The van der Waals surface area contributed by atoms with Crippen LogP contribution in [0.3, 0.4) is 0 Å². The Morgan fingerprint density at radius 3 is 2.70 bits per heavy atom. The van der Waals surface area contributed by atoms with Crippen molar-refractivity contribution in [3.8, 4) is 0 Å². The Hall–Kier alpha value is -2.30. The van der Waals surface area contributed by atoms with Gasteiger partial charge in [0.05, 0.1) is 0 Å². The van der Waals surface area contributed by atoms with Gasteiger partial charge in [0.25, 0.3) is 0 Å². The second-order valence-electron chi connectivity index (χ2n) is 4.84. The molecule has 5 heteroatoms. The third-order valence-electron chi connectivity index (χ3n) is 3.19. The molecule has 1 aromatic heterocycles. The van der Waals surface area contributed by atoms with Gasteiger partial charge in [-0.25, -0.2) is 0 Å². The van der Waals surface area contributed by atoms with E-state index < -0.39 is 0 Å². The van der Waals surface area contributed by atoms with E-state index in [-0.39, 0.29) is 12.5 Å². The number of aryl methyl sites for hydroxylation is 1. The van der Waals surface area contributed by atoms with Crippen LogP contribution >= 0.6 is 0 Å². The Kier molecular flexibility index (Phi) is 4.76. The van der Waals surface area contributed by atoms with Gasteiger partial charge in [-0.2, -0.15) is 5.10 Å². The molecule has 0 atom stereocenters. The van der Waals surface area contributed by atoms with Crippen LogP contribution in [-0.4, -0.2) is 34.2 Å². The first-order chi connectivity index (χ1) is 9.65.